The van der Waals surface area contributed by atoms with Crippen LogP contribution in [0.1, 0.15) is 25.3 Å². The number of sulfonamides is 1. The molecular formula is C16H20ClF3N2O5S. The molecule has 12 heteroatoms. The van der Waals surface area contributed by atoms with Gasteiger partial charge in [0.15, 0.2) is 0 Å². The summed E-state index contributed by atoms with van der Waals surface area (Å²) in [7, 11) is -3.94. The lowest BCUT2D eigenvalue weighted by atomic mass is 10.1. The highest BCUT2D eigenvalue weighted by Gasteiger charge is 2.55. The van der Waals surface area contributed by atoms with Gasteiger partial charge in [0.25, 0.3) is 5.91 Å². The molecule has 0 bridgehead atoms. The van der Waals surface area contributed by atoms with Crippen molar-refractivity contribution in [2.75, 3.05) is 18.4 Å². The number of aliphatic hydroxyl groups is 2. The molecular weight excluding hydrogens is 425 g/mol. The normalized spacial score (nSPS) is 19.3. The molecule has 1 aliphatic rings. The van der Waals surface area contributed by atoms with Gasteiger partial charge in [-0.2, -0.15) is 17.5 Å². The average Bonchev–Trinajstić information content (AvgIpc) is 2.58. The summed E-state index contributed by atoms with van der Waals surface area (Å²) in [5.74, 6) is -1.75. The second kappa shape index (κ2) is 7.79. The molecule has 0 saturated carbocycles. The first-order valence-corrected chi connectivity index (χ1v) is 10.1. The second-order valence-corrected chi connectivity index (χ2v) is 8.99. The van der Waals surface area contributed by atoms with Crippen LogP contribution in [0.2, 0.25) is 5.02 Å². The van der Waals surface area contributed by atoms with E-state index in [2.05, 4.69) is 0 Å². The molecule has 1 fully saturated rings. The maximum atomic E-state index is 12.8. The van der Waals surface area contributed by atoms with Crippen LogP contribution in [0.15, 0.2) is 17.0 Å². The van der Waals surface area contributed by atoms with Gasteiger partial charge in [0, 0.05) is 13.1 Å². The van der Waals surface area contributed by atoms with Crippen molar-refractivity contribution in [3.63, 3.8) is 0 Å². The largest absolute Gasteiger partial charge is 0.426 e. The number of carbonyl (C=O) groups is 1. The summed E-state index contributed by atoms with van der Waals surface area (Å²) in [6.07, 6.45) is -5.21. The molecule has 1 aromatic rings. The van der Waals surface area contributed by atoms with E-state index < -0.39 is 33.8 Å². The van der Waals surface area contributed by atoms with Crippen molar-refractivity contribution in [1.82, 2.24) is 4.31 Å². The van der Waals surface area contributed by atoms with Crippen LogP contribution >= 0.6 is 11.6 Å². The van der Waals surface area contributed by atoms with Crippen molar-refractivity contribution in [3.8, 4) is 0 Å². The molecule has 0 aliphatic carbocycles. The molecule has 1 heterocycles. The van der Waals surface area contributed by atoms with Crippen LogP contribution in [0.25, 0.3) is 0 Å². The summed E-state index contributed by atoms with van der Waals surface area (Å²) in [5, 5.41) is 20.6. The van der Waals surface area contributed by atoms with Gasteiger partial charge in [-0.1, -0.05) is 11.6 Å². The Kier molecular flexibility index (Phi) is 6.37. The van der Waals surface area contributed by atoms with E-state index in [9.17, 15) is 36.6 Å². The number of aliphatic hydroxyl groups excluding tert-OH is 1. The number of hydrogen-bond donors (Lipinski definition) is 3. The third-order valence-electron chi connectivity index (χ3n) is 4.62. The van der Waals surface area contributed by atoms with Crippen LogP contribution in [-0.2, 0) is 14.8 Å². The standard InChI is InChI=1S/C16H20ClF3N2O5S/c1-9-12(28(26,27)22-7-5-10(23)6-8-22)4-3-11(13(9)17)21-14(24)15(2,25)16(18,19)20/h3-4,10,23,25H,5-8H2,1-2H3,(H,21,24). The van der Waals surface area contributed by atoms with E-state index in [4.69, 9.17) is 11.6 Å². The zero-order chi connectivity index (χ0) is 21.5. The molecule has 158 valence electrons. The van der Waals surface area contributed by atoms with Gasteiger partial charge in [-0.15, -0.1) is 0 Å². The molecule has 1 unspecified atom stereocenters. The van der Waals surface area contributed by atoms with Crippen molar-refractivity contribution in [1.29, 1.82) is 0 Å². The van der Waals surface area contributed by atoms with Gasteiger partial charge < -0.3 is 15.5 Å². The zero-order valence-electron chi connectivity index (χ0n) is 15.0. The fraction of sp³-hybridized carbons (Fsp3) is 0.562. The fourth-order valence-corrected chi connectivity index (χ4v) is 4.60. The molecule has 1 aliphatic heterocycles. The second-order valence-electron chi connectivity index (χ2n) is 6.71. The van der Waals surface area contributed by atoms with Crippen molar-refractivity contribution in [2.45, 2.75) is 49.5 Å². The maximum absolute atomic E-state index is 12.8. The van der Waals surface area contributed by atoms with E-state index in [-0.39, 0.29) is 47.1 Å². The Morgan fingerprint density at radius 2 is 1.82 bits per heavy atom. The predicted octanol–water partition coefficient (Wildman–Crippen LogP) is 2.05. The Hall–Kier alpha value is -1.40. The summed E-state index contributed by atoms with van der Waals surface area (Å²) in [6.45, 7) is 1.89. The molecule has 0 spiro atoms. The van der Waals surface area contributed by atoms with Crippen LogP contribution in [0.3, 0.4) is 0 Å². The third-order valence-corrected chi connectivity index (χ3v) is 7.15. The Balaban J connectivity index is 2.32. The van der Waals surface area contributed by atoms with Crippen LogP contribution in [-0.4, -0.2) is 59.8 Å². The number of nitrogens with one attached hydrogen (secondary N) is 1. The number of piperidine rings is 1. The van der Waals surface area contributed by atoms with E-state index in [1.54, 1.807) is 0 Å². The van der Waals surface area contributed by atoms with Crippen molar-refractivity contribution in [3.05, 3.63) is 22.7 Å². The number of benzene rings is 1. The highest BCUT2D eigenvalue weighted by molar-refractivity contribution is 7.89. The van der Waals surface area contributed by atoms with Gasteiger partial charge >= 0.3 is 6.18 Å². The molecule has 28 heavy (non-hydrogen) atoms. The van der Waals surface area contributed by atoms with Crippen molar-refractivity contribution in [2.24, 2.45) is 0 Å². The van der Waals surface area contributed by atoms with E-state index >= 15 is 0 Å². The first-order chi connectivity index (χ1) is 12.7. The Labute approximate surface area is 165 Å². The van der Waals surface area contributed by atoms with E-state index in [1.807, 2.05) is 5.32 Å². The Bertz CT molecular complexity index is 866. The van der Waals surface area contributed by atoms with Gasteiger partial charge in [0.1, 0.15) is 0 Å². The molecule has 3 N–H and O–H groups in total. The number of anilines is 1. The fourth-order valence-electron chi connectivity index (χ4n) is 2.64. The summed E-state index contributed by atoms with van der Waals surface area (Å²) >= 11 is 6.07. The lowest BCUT2D eigenvalue weighted by molar-refractivity contribution is -0.242. The van der Waals surface area contributed by atoms with Crippen LogP contribution in [0.4, 0.5) is 18.9 Å². The molecule has 1 aromatic carbocycles. The number of rotatable bonds is 4. The minimum absolute atomic E-state index is 0.0391. The molecule has 1 amide bonds. The zero-order valence-corrected chi connectivity index (χ0v) is 16.6. The van der Waals surface area contributed by atoms with Gasteiger partial charge in [-0.3, -0.25) is 4.79 Å². The lowest BCUT2D eigenvalue weighted by Gasteiger charge is -2.29. The Morgan fingerprint density at radius 1 is 1.29 bits per heavy atom. The number of carbonyl (C=O) groups excluding carboxylic acids is 1. The molecule has 2 rings (SSSR count). The van der Waals surface area contributed by atoms with E-state index in [0.29, 0.717) is 6.92 Å². The first kappa shape index (κ1) is 22.9. The number of nitrogens with zero attached hydrogens (tertiary/aromatic N) is 1. The van der Waals surface area contributed by atoms with Gasteiger partial charge in [0.05, 0.1) is 21.7 Å². The SMILES string of the molecule is Cc1c(S(=O)(=O)N2CCC(O)CC2)ccc(NC(=O)C(C)(O)C(F)(F)F)c1Cl. The minimum atomic E-state index is -5.21. The first-order valence-electron chi connectivity index (χ1n) is 8.27. The monoisotopic (exact) mass is 444 g/mol. The van der Waals surface area contributed by atoms with E-state index in [1.165, 1.54) is 11.2 Å². The summed E-state index contributed by atoms with van der Waals surface area (Å²) < 4.78 is 65.1. The number of alkyl halides is 3. The van der Waals surface area contributed by atoms with Crippen LogP contribution in [0.5, 0.6) is 0 Å². The quantitative estimate of drug-likeness (QED) is 0.659. The highest BCUT2D eigenvalue weighted by Crippen LogP contribution is 2.35. The maximum Gasteiger partial charge on any atom is 0.426 e. The predicted molar refractivity (Wildman–Crippen MR) is 95.5 cm³/mol. The van der Waals surface area contributed by atoms with Gasteiger partial charge in [0.2, 0.25) is 15.6 Å². The number of hydrogen-bond acceptors (Lipinski definition) is 5. The molecule has 1 saturated heterocycles. The average molecular weight is 445 g/mol. The Morgan fingerprint density at radius 3 is 2.32 bits per heavy atom. The van der Waals surface area contributed by atoms with Gasteiger partial charge in [-0.25, -0.2) is 8.42 Å². The minimum Gasteiger partial charge on any atom is -0.393 e. The van der Waals surface area contributed by atoms with Crippen molar-refractivity contribution >= 4 is 33.2 Å². The molecule has 0 aromatic heterocycles. The van der Waals surface area contributed by atoms with Gasteiger partial charge in [-0.05, 0) is 44.4 Å². The topological polar surface area (TPSA) is 107 Å². The summed E-state index contributed by atoms with van der Waals surface area (Å²) in [4.78, 5) is 11.7. The third kappa shape index (κ3) is 4.28. The lowest BCUT2D eigenvalue weighted by Crippen LogP contribution is -2.52. The molecule has 0 radical (unpaired) electrons. The highest BCUT2D eigenvalue weighted by atomic mass is 35.5. The summed E-state index contributed by atoms with van der Waals surface area (Å²) in [5.41, 5.74) is -3.87. The molecule has 7 nitrogen and oxygen atoms in total. The van der Waals surface area contributed by atoms with Crippen LogP contribution in [0, 0.1) is 6.92 Å². The molecule has 1 atom stereocenters. The van der Waals surface area contributed by atoms with Crippen molar-refractivity contribution < 1.29 is 36.6 Å². The number of amides is 1. The van der Waals surface area contributed by atoms with E-state index in [0.717, 1.165) is 12.1 Å². The van der Waals surface area contributed by atoms with Crippen LogP contribution < -0.4 is 5.32 Å². The number of halogens is 4. The smallest absolute Gasteiger partial charge is 0.393 e. The summed E-state index contributed by atoms with van der Waals surface area (Å²) in [6, 6.07) is 2.19.